The molecule has 0 aliphatic carbocycles. The van der Waals surface area contributed by atoms with Gasteiger partial charge in [-0.15, -0.1) is 13.2 Å². The van der Waals surface area contributed by atoms with Gasteiger partial charge in [0, 0.05) is 13.1 Å². The number of carbonyl (C=O) groups is 1. The van der Waals surface area contributed by atoms with E-state index in [2.05, 4.69) is 9.64 Å². The number of carbonyl (C=O) groups excluding carboxylic acids is 1. The molecule has 0 bridgehead atoms. The Labute approximate surface area is 120 Å². The Hall–Kier alpha value is -1.76. The third-order valence-corrected chi connectivity index (χ3v) is 3.37. The van der Waals surface area contributed by atoms with Gasteiger partial charge in [0.1, 0.15) is 5.75 Å². The highest BCUT2D eigenvalue weighted by molar-refractivity contribution is 5.72. The van der Waals surface area contributed by atoms with Crippen LogP contribution in [0.25, 0.3) is 0 Å². The topological polar surface area (TPSA) is 38.8 Å². The molecule has 1 saturated heterocycles. The first-order valence-corrected chi connectivity index (χ1v) is 6.52. The van der Waals surface area contributed by atoms with Crippen molar-refractivity contribution < 1.29 is 27.4 Å². The second kappa shape index (κ2) is 6.34. The van der Waals surface area contributed by atoms with Gasteiger partial charge in [0.25, 0.3) is 0 Å². The van der Waals surface area contributed by atoms with E-state index in [1.54, 1.807) is 12.1 Å². The van der Waals surface area contributed by atoms with Gasteiger partial charge in [0.15, 0.2) is 0 Å². The summed E-state index contributed by atoms with van der Waals surface area (Å²) in [6.07, 6.45) is -3.94. The molecule has 0 spiro atoms. The molecule has 0 saturated carbocycles. The van der Waals surface area contributed by atoms with Crippen molar-refractivity contribution in [2.24, 2.45) is 5.92 Å². The molecule has 0 N–H and O–H groups in total. The van der Waals surface area contributed by atoms with Crippen LogP contribution in [0.3, 0.4) is 0 Å². The number of likely N-dealkylation sites (tertiary alicyclic amines) is 1. The van der Waals surface area contributed by atoms with Crippen molar-refractivity contribution in [1.29, 1.82) is 0 Å². The van der Waals surface area contributed by atoms with Crippen molar-refractivity contribution in [3.8, 4) is 5.75 Å². The summed E-state index contributed by atoms with van der Waals surface area (Å²) in [5, 5.41) is 0. The van der Waals surface area contributed by atoms with Gasteiger partial charge in [0.05, 0.1) is 13.0 Å². The second-order valence-corrected chi connectivity index (χ2v) is 4.94. The van der Waals surface area contributed by atoms with Crippen molar-refractivity contribution in [1.82, 2.24) is 4.90 Å². The van der Waals surface area contributed by atoms with Gasteiger partial charge < -0.3 is 9.47 Å². The Morgan fingerprint density at radius 2 is 2.00 bits per heavy atom. The van der Waals surface area contributed by atoms with Crippen molar-refractivity contribution in [3.05, 3.63) is 29.8 Å². The second-order valence-electron chi connectivity index (χ2n) is 4.94. The number of rotatable bonds is 4. The Kier molecular flexibility index (Phi) is 4.72. The van der Waals surface area contributed by atoms with E-state index in [1.165, 1.54) is 19.2 Å². The number of alkyl halides is 3. The van der Waals surface area contributed by atoms with E-state index in [0.29, 0.717) is 13.1 Å². The van der Waals surface area contributed by atoms with Crippen molar-refractivity contribution >= 4 is 5.97 Å². The quantitative estimate of drug-likeness (QED) is 0.801. The van der Waals surface area contributed by atoms with Crippen LogP contribution in [0, 0.1) is 5.92 Å². The van der Waals surface area contributed by atoms with Gasteiger partial charge in [0.2, 0.25) is 0 Å². The molecule has 1 unspecified atom stereocenters. The lowest BCUT2D eigenvalue weighted by atomic mass is 10.1. The first-order chi connectivity index (χ1) is 9.87. The first-order valence-electron chi connectivity index (χ1n) is 6.52. The van der Waals surface area contributed by atoms with E-state index in [1.807, 2.05) is 0 Å². The maximum atomic E-state index is 12.0. The molecule has 116 valence electrons. The third-order valence-electron chi connectivity index (χ3n) is 3.37. The maximum absolute atomic E-state index is 12.0. The summed E-state index contributed by atoms with van der Waals surface area (Å²) >= 11 is 0. The van der Waals surface area contributed by atoms with Crippen LogP contribution >= 0.6 is 0 Å². The van der Waals surface area contributed by atoms with Crippen LogP contribution in [0.5, 0.6) is 5.75 Å². The molecule has 0 aromatic heterocycles. The molecule has 7 heteroatoms. The highest BCUT2D eigenvalue weighted by atomic mass is 19.4. The zero-order chi connectivity index (χ0) is 15.5. The monoisotopic (exact) mass is 303 g/mol. The molecule has 2 rings (SSSR count). The minimum Gasteiger partial charge on any atom is -0.469 e. The highest BCUT2D eigenvalue weighted by Gasteiger charge is 2.31. The van der Waals surface area contributed by atoms with E-state index in [4.69, 9.17) is 4.74 Å². The van der Waals surface area contributed by atoms with Crippen molar-refractivity contribution in [3.63, 3.8) is 0 Å². The summed E-state index contributed by atoms with van der Waals surface area (Å²) < 4.78 is 44.7. The van der Waals surface area contributed by atoms with E-state index in [-0.39, 0.29) is 17.6 Å². The predicted molar refractivity (Wildman–Crippen MR) is 68.5 cm³/mol. The van der Waals surface area contributed by atoms with E-state index in [0.717, 1.165) is 18.5 Å². The molecular formula is C14H16F3NO3. The Morgan fingerprint density at radius 3 is 2.57 bits per heavy atom. The van der Waals surface area contributed by atoms with Crippen LogP contribution < -0.4 is 4.74 Å². The van der Waals surface area contributed by atoms with Gasteiger partial charge >= 0.3 is 12.3 Å². The SMILES string of the molecule is COC(=O)C1CCN(Cc2ccc(OC(F)(F)F)cc2)C1. The summed E-state index contributed by atoms with van der Waals surface area (Å²) in [6.45, 7) is 1.95. The number of methoxy groups -OCH3 is 1. The average Bonchev–Trinajstić information content (AvgIpc) is 2.87. The van der Waals surface area contributed by atoms with Crippen molar-refractivity contribution in [2.45, 2.75) is 19.3 Å². The number of esters is 1. The van der Waals surface area contributed by atoms with Crippen molar-refractivity contribution in [2.75, 3.05) is 20.2 Å². The van der Waals surface area contributed by atoms with Gasteiger partial charge in [-0.2, -0.15) is 0 Å². The van der Waals surface area contributed by atoms with Gasteiger partial charge in [-0.3, -0.25) is 9.69 Å². The molecule has 1 heterocycles. The lowest BCUT2D eigenvalue weighted by molar-refractivity contribution is -0.274. The highest BCUT2D eigenvalue weighted by Crippen LogP contribution is 2.24. The summed E-state index contributed by atoms with van der Waals surface area (Å²) in [7, 11) is 1.37. The summed E-state index contributed by atoms with van der Waals surface area (Å²) in [5.74, 6) is -0.575. The standard InChI is InChI=1S/C14H16F3NO3/c1-20-13(19)11-6-7-18(9-11)8-10-2-4-12(5-3-10)21-14(15,16)17/h2-5,11H,6-9H2,1H3. The normalized spacial score (nSPS) is 19.5. The zero-order valence-electron chi connectivity index (χ0n) is 11.5. The number of hydrogen-bond donors (Lipinski definition) is 0. The molecule has 0 radical (unpaired) electrons. The van der Waals surface area contributed by atoms with E-state index < -0.39 is 6.36 Å². The lowest BCUT2D eigenvalue weighted by Crippen LogP contribution is -2.23. The average molecular weight is 303 g/mol. The molecule has 1 aliphatic heterocycles. The predicted octanol–water partition coefficient (Wildman–Crippen LogP) is 2.58. The summed E-state index contributed by atoms with van der Waals surface area (Å²) in [6, 6.07) is 5.76. The minimum atomic E-state index is -4.68. The molecule has 1 atom stereocenters. The number of halogens is 3. The number of benzene rings is 1. The molecule has 1 aromatic carbocycles. The molecule has 4 nitrogen and oxygen atoms in total. The van der Waals surface area contributed by atoms with Gasteiger partial charge in [-0.1, -0.05) is 12.1 Å². The molecule has 1 fully saturated rings. The van der Waals surface area contributed by atoms with E-state index in [9.17, 15) is 18.0 Å². The number of hydrogen-bond acceptors (Lipinski definition) is 4. The van der Waals surface area contributed by atoms with Gasteiger partial charge in [-0.25, -0.2) is 0 Å². The molecule has 0 amide bonds. The molecule has 21 heavy (non-hydrogen) atoms. The smallest absolute Gasteiger partial charge is 0.469 e. The van der Waals surface area contributed by atoms with Crippen LogP contribution in [-0.2, 0) is 16.1 Å². The molecular weight excluding hydrogens is 287 g/mol. The largest absolute Gasteiger partial charge is 0.573 e. The fraction of sp³-hybridized carbons (Fsp3) is 0.500. The van der Waals surface area contributed by atoms with E-state index >= 15 is 0 Å². The van der Waals surface area contributed by atoms with Crippen LogP contribution in [0.1, 0.15) is 12.0 Å². The van der Waals surface area contributed by atoms with Crippen LogP contribution in [0.4, 0.5) is 13.2 Å². The van der Waals surface area contributed by atoms with Crippen LogP contribution in [0.2, 0.25) is 0 Å². The summed E-state index contributed by atoms with van der Waals surface area (Å²) in [5.41, 5.74) is 0.870. The maximum Gasteiger partial charge on any atom is 0.573 e. The molecule has 1 aliphatic rings. The van der Waals surface area contributed by atoms with Crippen LogP contribution in [0.15, 0.2) is 24.3 Å². The van der Waals surface area contributed by atoms with Gasteiger partial charge in [-0.05, 0) is 30.7 Å². The lowest BCUT2D eigenvalue weighted by Gasteiger charge is -2.16. The molecule has 1 aromatic rings. The first kappa shape index (κ1) is 15.6. The number of nitrogens with zero attached hydrogens (tertiary/aromatic N) is 1. The Morgan fingerprint density at radius 1 is 1.33 bits per heavy atom. The summed E-state index contributed by atoms with van der Waals surface area (Å²) in [4.78, 5) is 13.5. The third kappa shape index (κ3) is 4.63. The Bertz CT molecular complexity index is 487. The minimum absolute atomic E-state index is 0.122. The number of ether oxygens (including phenoxy) is 2. The fourth-order valence-electron chi connectivity index (χ4n) is 2.39. The Balaban J connectivity index is 1.88. The zero-order valence-corrected chi connectivity index (χ0v) is 11.5. The van der Waals surface area contributed by atoms with Crippen LogP contribution in [-0.4, -0.2) is 37.4 Å². The fourth-order valence-corrected chi connectivity index (χ4v) is 2.39.